The van der Waals surface area contributed by atoms with E-state index < -0.39 is 5.60 Å². The van der Waals surface area contributed by atoms with Crippen molar-refractivity contribution in [1.29, 1.82) is 0 Å². The lowest BCUT2D eigenvalue weighted by Crippen LogP contribution is -2.45. The minimum Gasteiger partial charge on any atom is -0.497 e. The van der Waals surface area contributed by atoms with Crippen molar-refractivity contribution in [3.05, 3.63) is 24.3 Å². The summed E-state index contributed by atoms with van der Waals surface area (Å²) >= 11 is 0. The number of ether oxygens (including phenoxy) is 3. The van der Waals surface area contributed by atoms with Crippen molar-refractivity contribution >= 4 is 12.0 Å². The molecule has 0 radical (unpaired) electrons. The first-order valence-electron chi connectivity index (χ1n) is 9.69. The number of likely N-dealkylation sites (N-methyl/N-ethyl adjacent to an activating group) is 1. The molecule has 0 aliphatic carbocycles. The zero-order chi connectivity index (χ0) is 20.7. The second-order valence-corrected chi connectivity index (χ2v) is 8.03. The zero-order valence-electron chi connectivity index (χ0n) is 17.6. The Kier molecular flexibility index (Phi) is 7.54. The number of carbonyl (C=O) groups is 2. The van der Waals surface area contributed by atoms with E-state index in [1.54, 1.807) is 24.0 Å². The number of likely N-dealkylation sites (tertiary alicyclic amines) is 1. The lowest BCUT2D eigenvalue weighted by atomic mass is 9.95. The Morgan fingerprint density at radius 1 is 1.11 bits per heavy atom. The molecule has 1 aliphatic rings. The summed E-state index contributed by atoms with van der Waals surface area (Å²) in [6, 6.07) is 7.35. The molecule has 156 valence electrons. The lowest BCUT2D eigenvalue weighted by molar-refractivity contribution is -0.136. The molecule has 1 aromatic rings. The number of piperidine rings is 1. The van der Waals surface area contributed by atoms with Crippen LogP contribution in [0.1, 0.15) is 33.6 Å². The first-order chi connectivity index (χ1) is 13.2. The minimum atomic E-state index is -0.506. The van der Waals surface area contributed by atoms with Crippen LogP contribution in [0.15, 0.2) is 24.3 Å². The summed E-state index contributed by atoms with van der Waals surface area (Å²) in [5.41, 5.74) is -0.506. The molecular formula is C21H32N2O5. The number of hydrogen-bond acceptors (Lipinski definition) is 5. The highest BCUT2D eigenvalue weighted by atomic mass is 16.6. The van der Waals surface area contributed by atoms with Gasteiger partial charge in [-0.15, -0.1) is 0 Å². The van der Waals surface area contributed by atoms with E-state index in [2.05, 4.69) is 0 Å². The van der Waals surface area contributed by atoms with Gasteiger partial charge in [-0.05, 0) is 57.9 Å². The van der Waals surface area contributed by atoms with E-state index in [1.807, 2.05) is 45.0 Å². The highest BCUT2D eigenvalue weighted by Gasteiger charge is 2.31. The fourth-order valence-electron chi connectivity index (χ4n) is 3.03. The first kappa shape index (κ1) is 21.9. The Morgan fingerprint density at radius 3 is 2.21 bits per heavy atom. The molecule has 0 unspecified atom stereocenters. The third-order valence-electron chi connectivity index (χ3n) is 4.63. The van der Waals surface area contributed by atoms with E-state index in [-0.39, 0.29) is 17.9 Å². The SMILES string of the molecule is COc1ccc(OCCN(C)C(=O)C2CCN(C(=O)OC(C)(C)C)CC2)cc1. The molecule has 7 heteroatoms. The van der Waals surface area contributed by atoms with Crippen molar-refractivity contribution in [3.8, 4) is 11.5 Å². The van der Waals surface area contributed by atoms with E-state index in [0.717, 1.165) is 11.5 Å². The molecular weight excluding hydrogens is 360 g/mol. The molecule has 0 N–H and O–H groups in total. The number of benzene rings is 1. The van der Waals surface area contributed by atoms with Crippen LogP contribution in [-0.4, -0.2) is 67.8 Å². The number of nitrogens with zero attached hydrogens (tertiary/aromatic N) is 2. The summed E-state index contributed by atoms with van der Waals surface area (Å²) in [5.74, 6) is 1.55. The quantitative estimate of drug-likeness (QED) is 0.744. The van der Waals surface area contributed by atoms with Crippen molar-refractivity contribution in [1.82, 2.24) is 9.80 Å². The third kappa shape index (κ3) is 6.62. The normalized spacial score (nSPS) is 15.1. The molecule has 1 aliphatic heterocycles. The van der Waals surface area contributed by atoms with E-state index in [9.17, 15) is 9.59 Å². The maximum absolute atomic E-state index is 12.6. The smallest absolute Gasteiger partial charge is 0.410 e. The van der Waals surface area contributed by atoms with Crippen molar-refractivity contribution in [2.24, 2.45) is 5.92 Å². The van der Waals surface area contributed by atoms with Crippen molar-refractivity contribution < 1.29 is 23.8 Å². The second kappa shape index (κ2) is 9.66. The predicted octanol–water partition coefficient (Wildman–Crippen LogP) is 3.18. The number of rotatable bonds is 6. The Bertz CT molecular complexity index is 646. The monoisotopic (exact) mass is 392 g/mol. The van der Waals surface area contributed by atoms with Gasteiger partial charge in [-0.3, -0.25) is 4.79 Å². The van der Waals surface area contributed by atoms with E-state index >= 15 is 0 Å². The fraction of sp³-hybridized carbons (Fsp3) is 0.619. The van der Waals surface area contributed by atoms with Gasteiger partial charge in [0.25, 0.3) is 0 Å². The Labute approximate surface area is 167 Å². The average Bonchev–Trinajstić information content (AvgIpc) is 2.66. The Morgan fingerprint density at radius 2 is 1.68 bits per heavy atom. The van der Waals surface area contributed by atoms with Crippen molar-refractivity contribution in [3.63, 3.8) is 0 Å². The van der Waals surface area contributed by atoms with Gasteiger partial charge < -0.3 is 24.0 Å². The molecule has 2 rings (SSSR count). The van der Waals surface area contributed by atoms with E-state index in [1.165, 1.54) is 0 Å². The number of methoxy groups -OCH3 is 1. The van der Waals surface area contributed by atoms with Crippen LogP contribution >= 0.6 is 0 Å². The summed E-state index contributed by atoms with van der Waals surface area (Å²) < 4.78 is 16.2. The molecule has 2 amide bonds. The molecule has 1 saturated heterocycles. The maximum Gasteiger partial charge on any atom is 0.410 e. The minimum absolute atomic E-state index is 0.0651. The van der Waals surface area contributed by atoms with E-state index in [4.69, 9.17) is 14.2 Å². The highest BCUT2D eigenvalue weighted by Crippen LogP contribution is 2.21. The van der Waals surface area contributed by atoms with Crippen LogP contribution in [0.2, 0.25) is 0 Å². The summed E-state index contributed by atoms with van der Waals surface area (Å²) in [5, 5.41) is 0. The van der Waals surface area contributed by atoms with Gasteiger partial charge in [-0.1, -0.05) is 0 Å². The second-order valence-electron chi connectivity index (χ2n) is 8.03. The standard InChI is InChI=1S/C21H32N2O5/c1-21(2,3)28-20(25)23-12-10-16(11-13-23)19(24)22(4)14-15-27-18-8-6-17(26-5)7-9-18/h6-9,16H,10-15H2,1-5H3. The number of carbonyl (C=O) groups excluding carboxylic acids is 2. The number of hydrogen-bond donors (Lipinski definition) is 0. The lowest BCUT2D eigenvalue weighted by Gasteiger charge is -2.34. The van der Waals surface area contributed by atoms with Gasteiger partial charge >= 0.3 is 6.09 Å². The van der Waals surface area contributed by atoms with Crippen LogP contribution in [0.25, 0.3) is 0 Å². The molecule has 0 aromatic heterocycles. The third-order valence-corrected chi connectivity index (χ3v) is 4.63. The van der Waals surface area contributed by atoms with Crippen LogP contribution in [0.5, 0.6) is 11.5 Å². The molecule has 1 heterocycles. The van der Waals surface area contributed by atoms with Gasteiger partial charge in [0.2, 0.25) is 5.91 Å². The Balaban J connectivity index is 1.72. The molecule has 1 aromatic carbocycles. The van der Waals surface area contributed by atoms with Crippen LogP contribution in [-0.2, 0) is 9.53 Å². The Hall–Kier alpha value is -2.44. The van der Waals surface area contributed by atoms with Gasteiger partial charge in [0, 0.05) is 26.1 Å². The summed E-state index contributed by atoms with van der Waals surface area (Å²) in [6.45, 7) is 7.57. The fourth-order valence-corrected chi connectivity index (χ4v) is 3.03. The van der Waals surface area contributed by atoms with Crippen LogP contribution < -0.4 is 9.47 Å². The molecule has 1 fully saturated rings. The van der Waals surface area contributed by atoms with Crippen LogP contribution in [0.3, 0.4) is 0 Å². The maximum atomic E-state index is 12.6. The number of amides is 2. The molecule has 0 saturated carbocycles. The molecule has 7 nitrogen and oxygen atoms in total. The summed E-state index contributed by atoms with van der Waals surface area (Å²) in [6.07, 6.45) is 1.00. The van der Waals surface area contributed by atoms with Crippen molar-refractivity contribution in [2.45, 2.75) is 39.2 Å². The van der Waals surface area contributed by atoms with Crippen LogP contribution in [0, 0.1) is 5.92 Å². The average molecular weight is 392 g/mol. The summed E-state index contributed by atoms with van der Waals surface area (Å²) in [7, 11) is 3.41. The van der Waals surface area contributed by atoms with Gasteiger partial charge in [0.1, 0.15) is 23.7 Å². The summed E-state index contributed by atoms with van der Waals surface area (Å²) in [4.78, 5) is 28.2. The largest absolute Gasteiger partial charge is 0.497 e. The van der Waals surface area contributed by atoms with Gasteiger partial charge in [0.15, 0.2) is 0 Å². The zero-order valence-corrected chi connectivity index (χ0v) is 17.6. The van der Waals surface area contributed by atoms with Gasteiger partial charge in [-0.2, -0.15) is 0 Å². The topological polar surface area (TPSA) is 68.3 Å². The first-order valence-corrected chi connectivity index (χ1v) is 9.69. The molecule has 28 heavy (non-hydrogen) atoms. The van der Waals surface area contributed by atoms with Gasteiger partial charge in [-0.25, -0.2) is 4.79 Å². The molecule has 0 spiro atoms. The molecule has 0 bridgehead atoms. The van der Waals surface area contributed by atoms with E-state index in [0.29, 0.717) is 39.1 Å². The van der Waals surface area contributed by atoms with Gasteiger partial charge in [0.05, 0.1) is 13.7 Å². The van der Waals surface area contributed by atoms with Crippen molar-refractivity contribution in [2.75, 3.05) is 40.4 Å². The highest BCUT2D eigenvalue weighted by molar-refractivity contribution is 5.79. The van der Waals surface area contributed by atoms with Crippen LogP contribution in [0.4, 0.5) is 4.79 Å². The predicted molar refractivity (Wildman–Crippen MR) is 107 cm³/mol. The molecule has 0 atom stereocenters.